The van der Waals surface area contributed by atoms with E-state index < -0.39 is 0 Å². The Labute approximate surface area is 201 Å². The minimum absolute atomic E-state index is 0.0364. The highest BCUT2D eigenvalue weighted by atomic mass is 35.5. The molecule has 1 saturated heterocycles. The largest absolute Gasteiger partial charge is 0.490 e. The number of aromatic nitrogens is 2. The van der Waals surface area contributed by atoms with Crippen LogP contribution < -0.4 is 19.1 Å². The summed E-state index contributed by atoms with van der Waals surface area (Å²) in [5.74, 6) is 2.94. The molecule has 3 heterocycles. The van der Waals surface area contributed by atoms with Crippen molar-refractivity contribution in [3.8, 4) is 17.2 Å². The summed E-state index contributed by atoms with van der Waals surface area (Å²) in [5, 5.41) is 0.582. The van der Waals surface area contributed by atoms with Crippen LogP contribution >= 0.6 is 11.6 Å². The van der Waals surface area contributed by atoms with Gasteiger partial charge in [-0.25, -0.2) is 4.98 Å². The van der Waals surface area contributed by atoms with Gasteiger partial charge in [0.2, 0.25) is 12.7 Å². The fourth-order valence-electron chi connectivity index (χ4n) is 4.63. The number of amides is 1. The van der Waals surface area contributed by atoms with Crippen LogP contribution in [-0.2, 0) is 11.3 Å². The number of halogens is 1. The first-order valence-corrected chi connectivity index (χ1v) is 11.6. The van der Waals surface area contributed by atoms with Crippen LogP contribution in [0.15, 0.2) is 66.7 Å². The number of fused-ring (bicyclic) bond motifs is 2. The molecule has 3 aromatic carbocycles. The number of anilines is 1. The Morgan fingerprint density at radius 1 is 1.03 bits per heavy atom. The zero-order valence-electron chi connectivity index (χ0n) is 18.3. The second-order valence-electron chi connectivity index (χ2n) is 8.33. The zero-order chi connectivity index (χ0) is 23.1. The summed E-state index contributed by atoms with van der Waals surface area (Å²) in [4.78, 5) is 19.7. The number of hydrogen-bond acceptors (Lipinski definition) is 5. The third kappa shape index (κ3) is 3.72. The molecule has 0 N–H and O–H groups in total. The molecule has 1 atom stereocenters. The molecular weight excluding hydrogens is 454 g/mol. The van der Waals surface area contributed by atoms with Crippen LogP contribution in [0.2, 0.25) is 5.02 Å². The molecule has 0 bridgehead atoms. The van der Waals surface area contributed by atoms with Crippen molar-refractivity contribution >= 4 is 34.2 Å². The van der Waals surface area contributed by atoms with Crippen LogP contribution in [0.3, 0.4) is 0 Å². The maximum Gasteiger partial charge on any atom is 0.231 e. The lowest BCUT2D eigenvalue weighted by molar-refractivity contribution is -0.117. The zero-order valence-corrected chi connectivity index (χ0v) is 19.1. The van der Waals surface area contributed by atoms with E-state index in [1.807, 2.05) is 66.7 Å². The molecule has 6 rings (SSSR count). The average Bonchev–Trinajstić information content (AvgIpc) is 3.56. The molecule has 0 saturated carbocycles. The summed E-state index contributed by atoms with van der Waals surface area (Å²) in [5.41, 5.74) is 2.74. The molecule has 1 aromatic heterocycles. The Kier molecular flexibility index (Phi) is 5.26. The summed E-state index contributed by atoms with van der Waals surface area (Å²) in [6.45, 7) is 1.78. The van der Waals surface area contributed by atoms with Crippen molar-refractivity contribution in [1.82, 2.24) is 9.55 Å². The molecule has 1 fully saturated rings. The number of nitrogens with zero attached hydrogens (tertiary/aromatic N) is 3. The number of carbonyl (C=O) groups is 1. The third-order valence-corrected chi connectivity index (χ3v) is 6.56. The summed E-state index contributed by atoms with van der Waals surface area (Å²) in [6.07, 6.45) is 0.392. The SMILES string of the molecule is O=C1CC(c2nc3ccccc3n2CCOc2ccccc2Cl)CN1c1ccc2c(c1)OCO2. The second-order valence-corrected chi connectivity index (χ2v) is 8.74. The molecule has 1 amide bonds. The van der Waals surface area contributed by atoms with Gasteiger partial charge in [0, 0.05) is 30.6 Å². The smallest absolute Gasteiger partial charge is 0.231 e. The van der Waals surface area contributed by atoms with Gasteiger partial charge in [-0.1, -0.05) is 35.9 Å². The average molecular weight is 476 g/mol. The van der Waals surface area contributed by atoms with Crippen LogP contribution in [0.4, 0.5) is 5.69 Å². The lowest BCUT2D eigenvalue weighted by Crippen LogP contribution is -2.24. The highest BCUT2D eigenvalue weighted by Gasteiger charge is 2.35. The first kappa shape index (κ1) is 20.9. The van der Waals surface area contributed by atoms with Gasteiger partial charge in [-0.3, -0.25) is 4.79 Å². The number of ether oxygens (including phenoxy) is 3. The number of imidazole rings is 1. The van der Waals surface area contributed by atoms with Crippen molar-refractivity contribution in [3.05, 3.63) is 77.6 Å². The van der Waals surface area contributed by atoms with Gasteiger partial charge in [0.05, 0.1) is 22.6 Å². The summed E-state index contributed by atoms with van der Waals surface area (Å²) >= 11 is 6.24. The van der Waals surface area contributed by atoms with Crippen molar-refractivity contribution in [3.63, 3.8) is 0 Å². The molecule has 34 heavy (non-hydrogen) atoms. The van der Waals surface area contributed by atoms with Crippen molar-refractivity contribution in [2.45, 2.75) is 18.9 Å². The molecule has 4 aromatic rings. The quantitative estimate of drug-likeness (QED) is 0.392. The van der Waals surface area contributed by atoms with Crippen LogP contribution in [0, 0.1) is 0 Å². The van der Waals surface area contributed by atoms with Crippen LogP contribution in [0.25, 0.3) is 11.0 Å². The maximum atomic E-state index is 13.0. The summed E-state index contributed by atoms with van der Waals surface area (Å²) < 4.78 is 19.0. The highest BCUT2D eigenvalue weighted by molar-refractivity contribution is 6.32. The van der Waals surface area contributed by atoms with E-state index in [0.29, 0.717) is 48.4 Å². The fraction of sp³-hybridized carbons (Fsp3) is 0.231. The number of para-hydroxylation sites is 3. The Morgan fingerprint density at radius 3 is 2.76 bits per heavy atom. The number of hydrogen-bond donors (Lipinski definition) is 0. The van der Waals surface area contributed by atoms with E-state index in [1.54, 1.807) is 4.90 Å². The minimum atomic E-state index is -0.0364. The van der Waals surface area contributed by atoms with Crippen LogP contribution in [0.1, 0.15) is 18.2 Å². The second kappa shape index (κ2) is 8.57. The van der Waals surface area contributed by atoms with Crippen molar-refractivity contribution in [2.75, 3.05) is 24.8 Å². The normalized spacial score (nSPS) is 17.0. The van der Waals surface area contributed by atoms with E-state index in [4.69, 9.17) is 30.8 Å². The van der Waals surface area contributed by atoms with Gasteiger partial charge in [-0.05, 0) is 36.4 Å². The Bertz CT molecular complexity index is 1390. The van der Waals surface area contributed by atoms with Gasteiger partial charge in [0.1, 0.15) is 18.2 Å². The topological polar surface area (TPSA) is 65.8 Å². The molecule has 8 heteroatoms. The summed E-state index contributed by atoms with van der Waals surface area (Å²) in [7, 11) is 0. The first-order valence-electron chi connectivity index (χ1n) is 11.2. The van der Waals surface area contributed by atoms with Gasteiger partial charge in [0.15, 0.2) is 11.5 Å². The van der Waals surface area contributed by atoms with E-state index in [2.05, 4.69) is 4.57 Å². The van der Waals surface area contributed by atoms with Crippen LogP contribution in [-0.4, -0.2) is 35.4 Å². The predicted octanol–water partition coefficient (Wildman–Crippen LogP) is 5.02. The van der Waals surface area contributed by atoms with Crippen molar-refractivity contribution in [1.29, 1.82) is 0 Å². The molecule has 1 unspecified atom stereocenters. The standard InChI is InChI=1S/C26H22ClN3O4/c27-19-5-1-4-8-22(19)32-12-11-29-21-7-3-2-6-20(21)28-26(29)17-13-25(31)30(15-17)18-9-10-23-24(14-18)34-16-33-23/h1-10,14,17H,11-13,15-16H2. The molecule has 0 aliphatic carbocycles. The molecular formula is C26H22ClN3O4. The Morgan fingerprint density at radius 2 is 1.85 bits per heavy atom. The van der Waals surface area contributed by atoms with Gasteiger partial charge in [-0.15, -0.1) is 0 Å². The molecule has 0 spiro atoms. The Hall–Kier alpha value is -3.71. The van der Waals surface area contributed by atoms with E-state index in [9.17, 15) is 4.79 Å². The van der Waals surface area contributed by atoms with Crippen molar-refractivity contribution < 1.29 is 19.0 Å². The molecule has 0 radical (unpaired) electrons. The van der Waals surface area contributed by atoms with E-state index >= 15 is 0 Å². The number of rotatable bonds is 6. The van der Waals surface area contributed by atoms with E-state index in [1.165, 1.54) is 0 Å². The van der Waals surface area contributed by atoms with E-state index in [-0.39, 0.29) is 18.6 Å². The molecule has 7 nitrogen and oxygen atoms in total. The monoisotopic (exact) mass is 475 g/mol. The van der Waals surface area contributed by atoms with Gasteiger partial charge in [0.25, 0.3) is 0 Å². The predicted molar refractivity (Wildman–Crippen MR) is 129 cm³/mol. The van der Waals surface area contributed by atoms with Crippen molar-refractivity contribution in [2.24, 2.45) is 0 Å². The third-order valence-electron chi connectivity index (χ3n) is 6.25. The van der Waals surface area contributed by atoms with E-state index in [0.717, 1.165) is 22.5 Å². The lowest BCUT2D eigenvalue weighted by Gasteiger charge is -2.18. The minimum Gasteiger partial charge on any atom is -0.490 e. The lowest BCUT2D eigenvalue weighted by atomic mass is 10.1. The highest BCUT2D eigenvalue weighted by Crippen LogP contribution is 2.39. The maximum absolute atomic E-state index is 13.0. The molecule has 172 valence electrons. The first-order chi connectivity index (χ1) is 16.7. The molecule has 2 aliphatic heterocycles. The van der Waals surface area contributed by atoms with Gasteiger partial charge >= 0.3 is 0 Å². The summed E-state index contributed by atoms with van der Waals surface area (Å²) in [6, 6.07) is 21.1. The fourth-order valence-corrected chi connectivity index (χ4v) is 4.82. The number of benzene rings is 3. The van der Waals surface area contributed by atoms with Gasteiger partial charge < -0.3 is 23.7 Å². The number of carbonyl (C=O) groups excluding carboxylic acids is 1. The van der Waals surface area contributed by atoms with Gasteiger partial charge in [-0.2, -0.15) is 0 Å². The molecule has 2 aliphatic rings. The van der Waals surface area contributed by atoms with Crippen LogP contribution in [0.5, 0.6) is 17.2 Å². The Balaban J connectivity index is 1.26.